The lowest BCUT2D eigenvalue weighted by Crippen LogP contribution is -2.08. The maximum absolute atomic E-state index is 11.3. The second kappa shape index (κ2) is 7.99. The second-order valence-corrected chi connectivity index (χ2v) is 6.40. The molecule has 3 rings (SSSR count). The normalized spacial score (nSPS) is 10.9. The summed E-state index contributed by atoms with van der Waals surface area (Å²) in [6.07, 6.45) is 5.80. The lowest BCUT2D eigenvalue weighted by atomic mass is 10.1. The molecule has 0 atom stereocenters. The highest BCUT2D eigenvalue weighted by Crippen LogP contribution is 2.28. The van der Waals surface area contributed by atoms with Gasteiger partial charge in [-0.15, -0.1) is 0 Å². The summed E-state index contributed by atoms with van der Waals surface area (Å²) in [6.45, 7) is 6.42. The molecule has 0 N–H and O–H groups in total. The van der Waals surface area contributed by atoms with Crippen LogP contribution >= 0.6 is 0 Å². The van der Waals surface area contributed by atoms with E-state index in [-0.39, 0.29) is 12.6 Å². The zero-order valence-corrected chi connectivity index (χ0v) is 15.8. The minimum atomic E-state index is 0.205. The molecule has 0 saturated carbocycles. The van der Waals surface area contributed by atoms with Crippen LogP contribution in [0.15, 0.2) is 36.8 Å². The molecule has 27 heavy (non-hydrogen) atoms. The number of hydrogen-bond donors (Lipinski definition) is 0. The SMILES string of the molecule is COc1cc(C=O)c(OCc2cccnc2-c2c(C)cnn2C(C)C)cn1. The van der Waals surface area contributed by atoms with Crippen molar-refractivity contribution in [2.24, 2.45) is 0 Å². The predicted molar refractivity (Wildman–Crippen MR) is 101 cm³/mol. The van der Waals surface area contributed by atoms with E-state index in [0.717, 1.165) is 28.8 Å². The zero-order valence-electron chi connectivity index (χ0n) is 15.8. The molecular weight excluding hydrogens is 344 g/mol. The quantitative estimate of drug-likeness (QED) is 0.594. The topological polar surface area (TPSA) is 79.1 Å². The molecule has 0 spiro atoms. The minimum Gasteiger partial charge on any atom is -0.486 e. The van der Waals surface area contributed by atoms with Crippen LogP contribution in [0.4, 0.5) is 0 Å². The van der Waals surface area contributed by atoms with Crippen LogP contribution < -0.4 is 9.47 Å². The first-order chi connectivity index (χ1) is 13.0. The molecule has 0 aliphatic carbocycles. The smallest absolute Gasteiger partial charge is 0.213 e. The van der Waals surface area contributed by atoms with Crippen LogP contribution in [0.1, 0.15) is 41.4 Å². The van der Waals surface area contributed by atoms with Crippen LogP contribution in [0, 0.1) is 6.92 Å². The number of methoxy groups -OCH3 is 1. The Labute approximate surface area is 158 Å². The van der Waals surface area contributed by atoms with E-state index in [1.54, 1.807) is 12.3 Å². The van der Waals surface area contributed by atoms with Crippen LogP contribution in [-0.2, 0) is 6.61 Å². The number of carbonyl (C=O) groups excluding carboxylic acids is 1. The number of aryl methyl sites for hydroxylation is 1. The molecule has 7 nitrogen and oxygen atoms in total. The fraction of sp³-hybridized carbons (Fsp3) is 0.300. The van der Waals surface area contributed by atoms with Crippen molar-refractivity contribution < 1.29 is 14.3 Å². The Kier molecular flexibility index (Phi) is 5.49. The van der Waals surface area contributed by atoms with Gasteiger partial charge in [0, 0.05) is 23.9 Å². The Hall–Kier alpha value is -3.22. The Morgan fingerprint density at radius 3 is 2.78 bits per heavy atom. The van der Waals surface area contributed by atoms with E-state index in [4.69, 9.17) is 9.47 Å². The minimum absolute atomic E-state index is 0.205. The highest BCUT2D eigenvalue weighted by molar-refractivity contribution is 5.79. The lowest BCUT2D eigenvalue weighted by Gasteiger charge is -2.15. The largest absolute Gasteiger partial charge is 0.486 e. The third kappa shape index (κ3) is 3.81. The molecule has 140 valence electrons. The molecule has 0 unspecified atom stereocenters. The summed E-state index contributed by atoms with van der Waals surface area (Å²) in [5, 5.41) is 4.46. The molecule has 3 aromatic heterocycles. The van der Waals surface area contributed by atoms with Crippen molar-refractivity contribution >= 4 is 6.29 Å². The highest BCUT2D eigenvalue weighted by Gasteiger charge is 2.17. The van der Waals surface area contributed by atoms with Crippen molar-refractivity contribution in [3.63, 3.8) is 0 Å². The van der Waals surface area contributed by atoms with E-state index in [9.17, 15) is 4.79 Å². The summed E-state index contributed by atoms with van der Waals surface area (Å²) in [6, 6.07) is 5.57. The van der Waals surface area contributed by atoms with Crippen molar-refractivity contribution in [2.45, 2.75) is 33.4 Å². The number of hydrogen-bond acceptors (Lipinski definition) is 6. The van der Waals surface area contributed by atoms with E-state index >= 15 is 0 Å². The predicted octanol–water partition coefficient (Wildman–Crippen LogP) is 3.63. The molecular formula is C20H22N4O3. The van der Waals surface area contributed by atoms with E-state index in [2.05, 4.69) is 28.9 Å². The van der Waals surface area contributed by atoms with Crippen molar-refractivity contribution in [2.75, 3.05) is 7.11 Å². The summed E-state index contributed by atoms with van der Waals surface area (Å²) >= 11 is 0. The summed E-state index contributed by atoms with van der Waals surface area (Å²) in [5.41, 5.74) is 4.11. The lowest BCUT2D eigenvalue weighted by molar-refractivity contribution is 0.111. The van der Waals surface area contributed by atoms with Gasteiger partial charge < -0.3 is 9.47 Å². The molecule has 0 fully saturated rings. The van der Waals surface area contributed by atoms with E-state index in [1.165, 1.54) is 13.3 Å². The summed E-state index contributed by atoms with van der Waals surface area (Å²) < 4.78 is 12.9. The molecule has 0 amide bonds. The van der Waals surface area contributed by atoms with Gasteiger partial charge in [0.25, 0.3) is 0 Å². The number of ether oxygens (including phenoxy) is 2. The molecule has 3 heterocycles. The first-order valence-corrected chi connectivity index (χ1v) is 8.65. The van der Waals surface area contributed by atoms with Crippen LogP contribution in [0.2, 0.25) is 0 Å². The van der Waals surface area contributed by atoms with E-state index in [1.807, 2.05) is 29.9 Å². The van der Waals surface area contributed by atoms with Gasteiger partial charge in [0.2, 0.25) is 5.88 Å². The Morgan fingerprint density at radius 1 is 1.26 bits per heavy atom. The molecule has 0 aliphatic rings. The third-order valence-corrected chi connectivity index (χ3v) is 4.17. The van der Waals surface area contributed by atoms with Crippen molar-refractivity contribution in [1.29, 1.82) is 0 Å². The van der Waals surface area contributed by atoms with Crippen LogP contribution in [0.25, 0.3) is 11.4 Å². The Bertz CT molecular complexity index is 950. The summed E-state index contributed by atoms with van der Waals surface area (Å²) in [7, 11) is 1.50. The number of aromatic nitrogens is 4. The monoisotopic (exact) mass is 366 g/mol. The number of aldehydes is 1. The maximum Gasteiger partial charge on any atom is 0.213 e. The Balaban J connectivity index is 1.93. The fourth-order valence-corrected chi connectivity index (χ4v) is 2.82. The van der Waals surface area contributed by atoms with Crippen molar-refractivity contribution in [3.05, 3.63) is 53.5 Å². The van der Waals surface area contributed by atoms with Gasteiger partial charge in [-0.05, 0) is 32.4 Å². The van der Waals surface area contributed by atoms with Crippen LogP contribution in [0.3, 0.4) is 0 Å². The average Bonchev–Trinajstić information content (AvgIpc) is 3.08. The van der Waals surface area contributed by atoms with E-state index < -0.39 is 0 Å². The zero-order chi connectivity index (χ0) is 19.4. The van der Waals surface area contributed by atoms with Crippen LogP contribution in [0.5, 0.6) is 11.6 Å². The highest BCUT2D eigenvalue weighted by atomic mass is 16.5. The molecule has 0 aliphatic heterocycles. The van der Waals surface area contributed by atoms with Crippen molar-refractivity contribution in [1.82, 2.24) is 19.7 Å². The third-order valence-electron chi connectivity index (χ3n) is 4.17. The van der Waals surface area contributed by atoms with Gasteiger partial charge in [0.15, 0.2) is 6.29 Å². The molecule has 0 radical (unpaired) electrons. The van der Waals surface area contributed by atoms with Crippen LogP contribution in [-0.4, -0.2) is 33.1 Å². The molecule has 7 heteroatoms. The fourth-order valence-electron chi connectivity index (χ4n) is 2.82. The van der Waals surface area contributed by atoms with Gasteiger partial charge >= 0.3 is 0 Å². The molecule has 0 bridgehead atoms. The summed E-state index contributed by atoms with van der Waals surface area (Å²) in [4.78, 5) is 20.0. The first kappa shape index (κ1) is 18.6. The summed E-state index contributed by atoms with van der Waals surface area (Å²) in [5.74, 6) is 0.762. The van der Waals surface area contributed by atoms with Gasteiger partial charge in [-0.25, -0.2) is 4.98 Å². The number of nitrogens with zero attached hydrogens (tertiary/aromatic N) is 4. The second-order valence-electron chi connectivity index (χ2n) is 6.40. The van der Waals surface area contributed by atoms with Gasteiger partial charge in [-0.1, -0.05) is 6.07 Å². The molecule has 0 saturated heterocycles. The average molecular weight is 366 g/mol. The number of pyridine rings is 2. The first-order valence-electron chi connectivity index (χ1n) is 8.65. The molecule has 3 aromatic rings. The van der Waals surface area contributed by atoms with Crippen molar-refractivity contribution in [3.8, 4) is 23.0 Å². The van der Waals surface area contributed by atoms with Gasteiger partial charge in [-0.3, -0.25) is 14.5 Å². The Morgan fingerprint density at radius 2 is 2.07 bits per heavy atom. The standard InChI is InChI=1S/C20H22N4O3/c1-13(2)24-20(14(3)9-23-24)19-15(6-5-7-21-19)12-27-17-10-22-18(26-4)8-16(17)11-25/h5-11,13H,12H2,1-4H3. The van der Waals surface area contributed by atoms with Gasteiger partial charge in [0.05, 0.1) is 36.5 Å². The maximum atomic E-state index is 11.3. The number of rotatable bonds is 7. The van der Waals surface area contributed by atoms with Gasteiger partial charge in [0.1, 0.15) is 12.4 Å². The van der Waals surface area contributed by atoms with E-state index in [0.29, 0.717) is 17.2 Å². The molecule has 0 aromatic carbocycles. The van der Waals surface area contributed by atoms with Gasteiger partial charge in [-0.2, -0.15) is 5.10 Å². The number of carbonyl (C=O) groups is 1.